The van der Waals surface area contributed by atoms with Gasteiger partial charge in [0.25, 0.3) is 0 Å². The van der Waals surface area contributed by atoms with E-state index in [0.29, 0.717) is 28.1 Å². The van der Waals surface area contributed by atoms with Gasteiger partial charge in [-0.25, -0.2) is 9.37 Å². The van der Waals surface area contributed by atoms with Gasteiger partial charge < -0.3 is 10.3 Å². The van der Waals surface area contributed by atoms with E-state index in [4.69, 9.17) is 17.3 Å². The first-order valence-corrected chi connectivity index (χ1v) is 6.16. The molecule has 0 radical (unpaired) electrons. The Morgan fingerprint density at radius 3 is 2.88 bits per heavy atom. The quantitative estimate of drug-likeness (QED) is 0.945. The number of benzene rings is 1. The Balaban J connectivity index is 2.56. The summed E-state index contributed by atoms with van der Waals surface area (Å²) >= 11 is 9.35. The van der Waals surface area contributed by atoms with Crippen molar-refractivity contribution in [3.8, 4) is 5.69 Å². The molecule has 0 unspecified atom stereocenters. The lowest BCUT2D eigenvalue weighted by atomic mass is 10.2. The molecule has 3 nitrogen and oxygen atoms in total. The minimum Gasteiger partial charge on any atom is -0.330 e. The van der Waals surface area contributed by atoms with Gasteiger partial charge in [0, 0.05) is 22.8 Å². The molecule has 1 aromatic carbocycles. The van der Waals surface area contributed by atoms with Gasteiger partial charge in [0.1, 0.15) is 5.82 Å². The maximum atomic E-state index is 13.1. The average molecular weight is 319 g/mol. The van der Waals surface area contributed by atoms with Gasteiger partial charge in [0.2, 0.25) is 0 Å². The van der Waals surface area contributed by atoms with Crippen LogP contribution < -0.4 is 5.73 Å². The molecule has 2 N–H and O–H groups in total. The molecule has 90 valence electrons. The molecule has 0 aliphatic carbocycles. The molecule has 17 heavy (non-hydrogen) atoms. The van der Waals surface area contributed by atoms with Crippen LogP contribution in [0.1, 0.15) is 5.69 Å². The SMILES string of the molecule is NCCc1cncn1-c1c(Cl)cc(F)cc1Br. The Morgan fingerprint density at radius 2 is 2.24 bits per heavy atom. The molecule has 1 aromatic heterocycles. The van der Waals surface area contributed by atoms with Crippen molar-refractivity contribution < 1.29 is 4.39 Å². The molecule has 1 heterocycles. The van der Waals surface area contributed by atoms with Crippen LogP contribution in [-0.4, -0.2) is 16.1 Å². The predicted molar refractivity (Wildman–Crippen MR) is 69.0 cm³/mol. The van der Waals surface area contributed by atoms with E-state index in [-0.39, 0.29) is 5.82 Å². The van der Waals surface area contributed by atoms with Crippen LogP contribution in [0.25, 0.3) is 5.69 Å². The Hall–Kier alpha value is -0.910. The zero-order valence-electron chi connectivity index (χ0n) is 8.83. The van der Waals surface area contributed by atoms with Gasteiger partial charge in [-0.2, -0.15) is 0 Å². The van der Waals surface area contributed by atoms with Crippen molar-refractivity contribution in [1.82, 2.24) is 9.55 Å². The van der Waals surface area contributed by atoms with Crippen LogP contribution in [0.15, 0.2) is 29.1 Å². The number of rotatable bonds is 3. The maximum Gasteiger partial charge on any atom is 0.125 e. The summed E-state index contributed by atoms with van der Waals surface area (Å²) in [6, 6.07) is 2.64. The normalized spacial score (nSPS) is 10.8. The van der Waals surface area contributed by atoms with Crippen molar-refractivity contribution in [2.75, 3.05) is 6.54 Å². The first kappa shape index (κ1) is 12.5. The Bertz CT molecular complexity index is 518. The van der Waals surface area contributed by atoms with Crippen LogP contribution in [0.5, 0.6) is 0 Å². The number of aromatic nitrogens is 2. The van der Waals surface area contributed by atoms with E-state index < -0.39 is 0 Å². The summed E-state index contributed by atoms with van der Waals surface area (Å²) in [6.07, 6.45) is 4.04. The molecule has 0 saturated heterocycles. The number of imidazole rings is 1. The number of halogens is 3. The molecule has 0 atom stereocenters. The van der Waals surface area contributed by atoms with Crippen LogP contribution in [0.2, 0.25) is 5.02 Å². The lowest BCUT2D eigenvalue weighted by Gasteiger charge is -2.11. The molecular weight excluding hydrogens is 308 g/mol. The van der Waals surface area contributed by atoms with Gasteiger partial charge in [0.05, 0.1) is 17.0 Å². The molecule has 0 spiro atoms. The highest BCUT2D eigenvalue weighted by Gasteiger charge is 2.12. The molecule has 2 aromatic rings. The summed E-state index contributed by atoms with van der Waals surface area (Å²) < 4.78 is 15.5. The standard InChI is InChI=1S/C11H10BrClFN3/c12-9-3-7(14)4-10(13)11(9)17-6-16-5-8(17)1-2-15/h3-6H,1-2,15H2. The molecular formula is C11H10BrClFN3. The minimum absolute atomic E-state index is 0.327. The van der Waals surface area contributed by atoms with Crippen molar-refractivity contribution in [2.24, 2.45) is 5.73 Å². The van der Waals surface area contributed by atoms with Crippen LogP contribution >= 0.6 is 27.5 Å². The number of hydrogen-bond donors (Lipinski definition) is 1. The van der Waals surface area contributed by atoms with Crippen molar-refractivity contribution >= 4 is 27.5 Å². The molecule has 0 fully saturated rings. The fraction of sp³-hybridized carbons (Fsp3) is 0.182. The van der Waals surface area contributed by atoms with E-state index >= 15 is 0 Å². The third-order valence-electron chi connectivity index (χ3n) is 2.34. The number of nitrogens with two attached hydrogens (primary N) is 1. The molecule has 6 heteroatoms. The van der Waals surface area contributed by atoms with E-state index in [2.05, 4.69) is 20.9 Å². The van der Waals surface area contributed by atoms with Crippen molar-refractivity contribution in [3.05, 3.63) is 45.7 Å². The van der Waals surface area contributed by atoms with Crippen LogP contribution in [0.3, 0.4) is 0 Å². The van der Waals surface area contributed by atoms with Gasteiger partial charge in [-0.3, -0.25) is 0 Å². The van der Waals surface area contributed by atoms with E-state index in [1.165, 1.54) is 12.1 Å². The highest BCUT2D eigenvalue weighted by Crippen LogP contribution is 2.30. The smallest absolute Gasteiger partial charge is 0.125 e. The second-order valence-corrected chi connectivity index (χ2v) is 4.77. The zero-order valence-corrected chi connectivity index (χ0v) is 11.2. The maximum absolute atomic E-state index is 13.1. The topological polar surface area (TPSA) is 43.8 Å². The Kier molecular flexibility index (Phi) is 3.81. The van der Waals surface area contributed by atoms with E-state index in [0.717, 1.165) is 5.69 Å². The molecule has 0 saturated carbocycles. The van der Waals surface area contributed by atoms with Gasteiger partial charge in [-0.15, -0.1) is 0 Å². The molecule has 0 amide bonds. The van der Waals surface area contributed by atoms with Crippen LogP contribution in [0.4, 0.5) is 4.39 Å². The predicted octanol–water partition coefficient (Wildman–Crippen LogP) is 2.93. The fourth-order valence-electron chi connectivity index (χ4n) is 1.62. The molecule has 0 bridgehead atoms. The molecule has 2 rings (SSSR count). The summed E-state index contributed by atoms with van der Waals surface area (Å²) in [7, 11) is 0. The Morgan fingerprint density at radius 1 is 1.47 bits per heavy atom. The molecule has 0 aliphatic heterocycles. The Labute approximate surface area is 112 Å². The highest BCUT2D eigenvalue weighted by atomic mass is 79.9. The largest absolute Gasteiger partial charge is 0.330 e. The third kappa shape index (κ3) is 2.51. The zero-order chi connectivity index (χ0) is 12.4. The highest BCUT2D eigenvalue weighted by molar-refractivity contribution is 9.10. The van der Waals surface area contributed by atoms with Crippen molar-refractivity contribution in [2.45, 2.75) is 6.42 Å². The second kappa shape index (κ2) is 5.16. The summed E-state index contributed by atoms with van der Waals surface area (Å²) in [4.78, 5) is 4.06. The lowest BCUT2D eigenvalue weighted by molar-refractivity contribution is 0.626. The van der Waals surface area contributed by atoms with Crippen molar-refractivity contribution in [1.29, 1.82) is 0 Å². The second-order valence-electron chi connectivity index (χ2n) is 3.51. The number of nitrogens with zero attached hydrogens (tertiary/aromatic N) is 2. The number of hydrogen-bond acceptors (Lipinski definition) is 2. The summed E-state index contributed by atoms with van der Waals surface area (Å²) in [5.74, 6) is -0.383. The van der Waals surface area contributed by atoms with Gasteiger partial charge in [-0.05, 0) is 34.6 Å². The van der Waals surface area contributed by atoms with Gasteiger partial charge in [0.15, 0.2) is 0 Å². The summed E-state index contributed by atoms with van der Waals surface area (Å²) in [5.41, 5.74) is 7.13. The van der Waals surface area contributed by atoms with Gasteiger partial charge >= 0.3 is 0 Å². The van der Waals surface area contributed by atoms with Crippen LogP contribution in [0, 0.1) is 5.82 Å². The average Bonchev–Trinajstić information content (AvgIpc) is 2.65. The monoisotopic (exact) mass is 317 g/mol. The summed E-state index contributed by atoms with van der Waals surface area (Å²) in [5, 5.41) is 0.327. The first-order chi connectivity index (χ1) is 8.13. The van der Waals surface area contributed by atoms with E-state index in [1.54, 1.807) is 17.1 Å². The van der Waals surface area contributed by atoms with Gasteiger partial charge in [-0.1, -0.05) is 11.6 Å². The lowest BCUT2D eigenvalue weighted by Crippen LogP contribution is -2.08. The minimum atomic E-state index is -0.383. The van der Waals surface area contributed by atoms with E-state index in [9.17, 15) is 4.39 Å². The van der Waals surface area contributed by atoms with Crippen molar-refractivity contribution in [3.63, 3.8) is 0 Å². The fourth-order valence-corrected chi connectivity index (χ4v) is 2.66. The first-order valence-electron chi connectivity index (χ1n) is 4.99. The van der Waals surface area contributed by atoms with Crippen LogP contribution in [-0.2, 0) is 6.42 Å². The molecule has 0 aliphatic rings. The van der Waals surface area contributed by atoms with E-state index in [1.807, 2.05) is 0 Å². The third-order valence-corrected chi connectivity index (χ3v) is 3.23. The summed E-state index contributed by atoms with van der Waals surface area (Å²) in [6.45, 7) is 0.516.